The lowest BCUT2D eigenvalue weighted by atomic mass is 9.99. The Balaban J connectivity index is 2.53. The van der Waals surface area contributed by atoms with Gasteiger partial charge in [0.25, 0.3) is 0 Å². The van der Waals surface area contributed by atoms with Crippen molar-refractivity contribution in [1.29, 1.82) is 0 Å². The highest BCUT2D eigenvalue weighted by Gasteiger charge is 1.83. The largest absolute Gasteiger partial charge is 0.0887 e. The van der Waals surface area contributed by atoms with E-state index in [9.17, 15) is 0 Å². The third kappa shape index (κ3) is 6.06. The highest BCUT2D eigenvalue weighted by atomic mass is 13.9. The summed E-state index contributed by atoms with van der Waals surface area (Å²) in [7, 11) is 5.31. The molecule has 0 aromatic heterocycles. The Bertz CT molecular complexity index is 29.4. The molecule has 0 spiro atoms. The van der Waals surface area contributed by atoms with E-state index in [1.165, 1.54) is 32.1 Å². The average molecular weight is 110 g/mol. The Kier molecular flexibility index (Phi) is 7.12. The molecule has 0 heterocycles. The average Bonchev–Trinajstić information content (AvgIpc) is 1.81. The van der Waals surface area contributed by atoms with Crippen LogP contribution in [0.5, 0.6) is 0 Å². The van der Waals surface area contributed by atoms with Crippen molar-refractivity contribution in [3.8, 4) is 0 Å². The number of unbranched alkanes of at least 4 members (excludes halogenated alkanes) is 4. The van der Waals surface area contributed by atoms with E-state index in [1.807, 2.05) is 0 Å². The van der Waals surface area contributed by atoms with E-state index >= 15 is 0 Å². The van der Waals surface area contributed by atoms with E-state index in [0.717, 1.165) is 6.32 Å². The van der Waals surface area contributed by atoms with Gasteiger partial charge in [0, 0.05) is 0 Å². The lowest BCUT2D eigenvalue weighted by Gasteiger charge is -1.93. The van der Waals surface area contributed by atoms with Gasteiger partial charge < -0.3 is 0 Å². The van der Waals surface area contributed by atoms with E-state index in [4.69, 9.17) is 7.85 Å². The van der Waals surface area contributed by atoms with E-state index in [0.29, 0.717) is 0 Å². The fourth-order valence-corrected chi connectivity index (χ4v) is 0.748. The second-order valence-electron chi connectivity index (χ2n) is 2.20. The fourth-order valence-electron chi connectivity index (χ4n) is 0.748. The summed E-state index contributed by atoms with van der Waals surface area (Å²) in [5.74, 6) is 0. The minimum absolute atomic E-state index is 0.865. The highest BCUT2D eigenvalue weighted by Crippen LogP contribution is 2.02. The Morgan fingerprint density at radius 3 is 2.12 bits per heavy atom. The summed E-state index contributed by atoms with van der Waals surface area (Å²) in [4.78, 5) is 0. The molecule has 46 valence electrons. The molecule has 0 aromatic carbocycles. The predicted octanol–water partition coefficient (Wildman–Crippen LogP) is 2.54. The zero-order valence-corrected chi connectivity index (χ0v) is 5.82. The standard InChI is InChI=1S/C7H15B/c1-2-3-4-5-6-7-8/h2-7H2,1H3. The van der Waals surface area contributed by atoms with Crippen LogP contribution in [0.25, 0.3) is 0 Å². The van der Waals surface area contributed by atoms with Crippen LogP contribution in [-0.4, -0.2) is 7.85 Å². The molecule has 0 aliphatic carbocycles. The molecule has 2 radical (unpaired) electrons. The molecular formula is C7H15B. The van der Waals surface area contributed by atoms with E-state index < -0.39 is 0 Å². The summed E-state index contributed by atoms with van der Waals surface area (Å²) < 4.78 is 0. The van der Waals surface area contributed by atoms with Gasteiger partial charge in [0.15, 0.2) is 0 Å². The monoisotopic (exact) mass is 110 g/mol. The Morgan fingerprint density at radius 2 is 1.62 bits per heavy atom. The van der Waals surface area contributed by atoms with Gasteiger partial charge in [0.2, 0.25) is 0 Å². The molecule has 0 aliphatic heterocycles. The van der Waals surface area contributed by atoms with Gasteiger partial charge in [-0.05, 0) is 0 Å². The lowest BCUT2D eigenvalue weighted by molar-refractivity contribution is 0.656. The first-order chi connectivity index (χ1) is 3.91. The molecule has 0 nitrogen and oxygen atoms in total. The summed E-state index contributed by atoms with van der Waals surface area (Å²) in [6.45, 7) is 2.22. The maximum atomic E-state index is 5.31. The zero-order valence-electron chi connectivity index (χ0n) is 5.82. The first kappa shape index (κ1) is 8.06. The molecule has 0 N–H and O–H groups in total. The zero-order chi connectivity index (χ0) is 6.24. The van der Waals surface area contributed by atoms with Gasteiger partial charge in [-0.2, -0.15) is 0 Å². The maximum Gasteiger partial charge on any atom is 0.0653 e. The van der Waals surface area contributed by atoms with Crippen LogP contribution in [0.2, 0.25) is 6.32 Å². The Morgan fingerprint density at radius 1 is 1.00 bits per heavy atom. The molecule has 0 unspecified atom stereocenters. The van der Waals surface area contributed by atoms with Crippen LogP contribution in [0, 0.1) is 0 Å². The van der Waals surface area contributed by atoms with E-state index in [2.05, 4.69) is 6.92 Å². The van der Waals surface area contributed by atoms with Crippen molar-refractivity contribution < 1.29 is 0 Å². The van der Waals surface area contributed by atoms with Crippen LogP contribution in [0.15, 0.2) is 0 Å². The van der Waals surface area contributed by atoms with Gasteiger partial charge in [0.05, 0.1) is 7.85 Å². The quantitative estimate of drug-likeness (QED) is 0.376. The smallest absolute Gasteiger partial charge is 0.0653 e. The molecule has 0 aromatic rings. The molecule has 0 bridgehead atoms. The molecule has 0 rings (SSSR count). The van der Waals surface area contributed by atoms with Gasteiger partial charge in [-0.25, -0.2) is 0 Å². The SMILES string of the molecule is [B]CCCCCCC. The van der Waals surface area contributed by atoms with Gasteiger partial charge >= 0.3 is 0 Å². The molecular weight excluding hydrogens is 94.9 g/mol. The molecule has 0 fully saturated rings. The van der Waals surface area contributed by atoms with Crippen LogP contribution in [-0.2, 0) is 0 Å². The number of hydrogen-bond donors (Lipinski definition) is 0. The van der Waals surface area contributed by atoms with Gasteiger partial charge in [-0.15, -0.1) is 0 Å². The number of hydrogen-bond acceptors (Lipinski definition) is 0. The van der Waals surface area contributed by atoms with E-state index in [1.54, 1.807) is 0 Å². The molecule has 0 saturated heterocycles. The van der Waals surface area contributed by atoms with Crippen LogP contribution < -0.4 is 0 Å². The number of rotatable bonds is 5. The molecule has 1 heteroatoms. The Hall–Kier alpha value is 0.0649. The minimum Gasteiger partial charge on any atom is -0.0887 e. The first-order valence-corrected chi connectivity index (χ1v) is 3.62. The maximum absolute atomic E-state index is 5.31. The van der Waals surface area contributed by atoms with E-state index in [-0.39, 0.29) is 0 Å². The van der Waals surface area contributed by atoms with Crippen molar-refractivity contribution in [2.24, 2.45) is 0 Å². The second-order valence-corrected chi connectivity index (χ2v) is 2.20. The minimum atomic E-state index is 0.865. The van der Waals surface area contributed by atoms with Crippen molar-refractivity contribution >= 4 is 7.85 Å². The van der Waals surface area contributed by atoms with Crippen LogP contribution in [0.3, 0.4) is 0 Å². The highest BCUT2D eigenvalue weighted by molar-refractivity contribution is 6.08. The third-order valence-corrected chi connectivity index (χ3v) is 1.31. The molecule has 0 amide bonds. The predicted molar refractivity (Wildman–Crippen MR) is 39.3 cm³/mol. The van der Waals surface area contributed by atoms with Gasteiger partial charge in [-0.1, -0.05) is 45.3 Å². The van der Waals surface area contributed by atoms with Crippen molar-refractivity contribution in [1.82, 2.24) is 0 Å². The van der Waals surface area contributed by atoms with Gasteiger partial charge in [0.1, 0.15) is 0 Å². The normalized spacial score (nSPS) is 9.62. The van der Waals surface area contributed by atoms with Crippen LogP contribution in [0.4, 0.5) is 0 Å². The molecule has 8 heavy (non-hydrogen) atoms. The summed E-state index contributed by atoms with van der Waals surface area (Å²) in [5.41, 5.74) is 0. The topological polar surface area (TPSA) is 0 Å². The third-order valence-electron chi connectivity index (χ3n) is 1.31. The molecule has 0 saturated carbocycles. The fraction of sp³-hybridized carbons (Fsp3) is 1.00. The molecule has 0 atom stereocenters. The summed E-state index contributed by atoms with van der Waals surface area (Å²) in [5, 5.41) is 0. The van der Waals surface area contributed by atoms with Crippen molar-refractivity contribution in [3.63, 3.8) is 0 Å². The van der Waals surface area contributed by atoms with Crippen molar-refractivity contribution in [3.05, 3.63) is 0 Å². The lowest BCUT2D eigenvalue weighted by Crippen LogP contribution is -1.75. The Labute approximate surface area is 54.1 Å². The second kappa shape index (κ2) is 7.06. The van der Waals surface area contributed by atoms with Gasteiger partial charge in [-0.3, -0.25) is 0 Å². The summed E-state index contributed by atoms with van der Waals surface area (Å²) in [6, 6.07) is 0. The van der Waals surface area contributed by atoms with Crippen LogP contribution in [0.1, 0.15) is 39.0 Å². The van der Waals surface area contributed by atoms with Crippen molar-refractivity contribution in [2.75, 3.05) is 0 Å². The van der Waals surface area contributed by atoms with Crippen molar-refractivity contribution in [2.45, 2.75) is 45.3 Å². The first-order valence-electron chi connectivity index (χ1n) is 3.62. The summed E-state index contributed by atoms with van der Waals surface area (Å²) in [6.07, 6.45) is 7.46. The molecule has 0 aliphatic rings. The van der Waals surface area contributed by atoms with Crippen LogP contribution >= 0.6 is 0 Å². The summed E-state index contributed by atoms with van der Waals surface area (Å²) >= 11 is 0.